The molecule has 2 aromatic rings. The number of carbonyl (C=O) groups excluding carboxylic acids is 2. The summed E-state index contributed by atoms with van der Waals surface area (Å²) in [6.07, 6.45) is 3.80. The van der Waals surface area contributed by atoms with Crippen LogP contribution in [0.3, 0.4) is 0 Å². The van der Waals surface area contributed by atoms with Gasteiger partial charge in [-0.2, -0.15) is 0 Å². The van der Waals surface area contributed by atoms with Crippen LogP contribution in [0.5, 0.6) is 5.75 Å². The minimum absolute atomic E-state index is 0.00511. The molecule has 1 atom stereocenters. The third-order valence-corrected chi connectivity index (χ3v) is 6.95. The summed E-state index contributed by atoms with van der Waals surface area (Å²) in [6, 6.07) is 3.11. The number of halogens is 2. The van der Waals surface area contributed by atoms with Gasteiger partial charge in [0.25, 0.3) is 0 Å². The molecule has 0 radical (unpaired) electrons. The Hall–Kier alpha value is -3.30. The van der Waals surface area contributed by atoms with Crippen molar-refractivity contribution in [2.75, 3.05) is 24.5 Å². The van der Waals surface area contributed by atoms with Gasteiger partial charge in [0.05, 0.1) is 24.0 Å². The molecule has 0 bridgehead atoms. The topological polar surface area (TPSA) is 87.7 Å². The van der Waals surface area contributed by atoms with Crippen LogP contribution >= 0.6 is 0 Å². The van der Waals surface area contributed by atoms with Crippen LogP contribution in [0, 0.1) is 11.6 Å². The monoisotopic (exact) mass is 485 g/mol. The molecule has 5 rings (SSSR count). The fourth-order valence-electron chi connectivity index (χ4n) is 5.02. The van der Waals surface area contributed by atoms with Crippen molar-refractivity contribution in [1.29, 1.82) is 0 Å². The molecule has 1 N–H and O–H groups in total. The van der Waals surface area contributed by atoms with Gasteiger partial charge >= 0.3 is 0 Å². The van der Waals surface area contributed by atoms with E-state index >= 15 is 0 Å². The van der Waals surface area contributed by atoms with E-state index in [4.69, 9.17) is 14.7 Å². The fraction of sp³-hybridized carbons (Fsp3) is 0.520. The maximum Gasteiger partial charge on any atom is 0.220 e. The molecule has 0 aliphatic carbocycles. The van der Waals surface area contributed by atoms with Crippen LogP contribution in [-0.4, -0.2) is 52.4 Å². The summed E-state index contributed by atoms with van der Waals surface area (Å²) in [5.41, 5.74) is 2.41. The van der Waals surface area contributed by atoms with E-state index < -0.39 is 11.6 Å². The van der Waals surface area contributed by atoms with Gasteiger partial charge in [0.15, 0.2) is 17.4 Å². The first-order valence-electron chi connectivity index (χ1n) is 12.2. The van der Waals surface area contributed by atoms with Crippen molar-refractivity contribution >= 4 is 17.6 Å². The van der Waals surface area contributed by atoms with Crippen LogP contribution in [0.25, 0.3) is 0 Å². The summed E-state index contributed by atoms with van der Waals surface area (Å²) in [4.78, 5) is 37.9. The number of rotatable bonds is 4. The van der Waals surface area contributed by atoms with E-state index in [1.165, 1.54) is 12.1 Å². The number of carbonyl (C=O) groups is 2. The lowest BCUT2D eigenvalue weighted by atomic mass is 9.99. The van der Waals surface area contributed by atoms with Gasteiger partial charge in [-0.15, -0.1) is 0 Å². The number of fused-ring (bicyclic) bond motifs is 1. The standard InChI is InChI=1S/C25H29F2N5O3/c1-15(33)32-12-9-19-21(14-32)29-24(20-3-2-4-23(34)28-20)25(30-19)31-10-7-17(8-11-31)35-22-6-5-16(26)13-18(22)27/h5-6,13,17,20H,2-4,7-12,14H2,1H3,(H,28,34). The SMILES string of the molecule is CC(=O)N1CCc2nc(N3CCC(Oc4ccc(F)cc4F)CC3)c(C3CCCC(=O)N3)nc2C1. The number of anilines is 1. The Bertz CT molecular complexity index is 1140. The van der Waals surface area contributed by atoms with E-state index in [1.54, 1.807) is 11.8 Å². The normalized spacial score (nSPS) is 20.9. The van der Waals surface area contributed by atoms with Crippen LogP contribution in [-0.2, 0) is 22.6 Å². The summed E-state index contributed by atoms with van der Waals surface area (Å²) in [5, 5.41) is 3.06. The van der Waals surface area contributed by atoms with Gasteiger partial charge in [0, 0.05) is 58.3 Å². The van der Waals surface area contributed by atoms with Gasteiger partial charge < -0.3 is 19.9 Å². The number of hydrogen-bond acceptors (Lipinski definition) is 6. The van der Waals surface area contributed by atoms with Gasteiger partial charge in [-0.25, -0.2) is 18.7 Å². The number of benzene rings is 1. The Morgan fingerprint density at radius 1 is 1.09 bits per heavy atom. The van der Waals surface area contributed by atoms with E-state index in [-0.39, 0.29) is 29.7 Å². The molecule has 3 aliphatic rings. The molecule has 2 fully saturated rings. The average Bonchev–Trinajstić information content (AvgIpc) is 2.85. The molecule has 0 spiro atoms. The number of hydrogen-bond donors (Lipinski definition) is 1. The summed E-state index contributed by atoms with van der Waals surface area (Å²) in [5.74, 6) is -0.510. The largest absolute Gasteiger partial charge is 0.487 e. The smallest absolute Gasteiger partial charge is 0.220 e. The lowest BCUT2D eigenvalue weighted by Crippen LogP contribution is -2.42. The van der Waals surface area contributed by atoms with Crippen molar-refractivity contribution in [1.82, 2.24) is 20.2 Å². The molecular formula is C25H29F2N5O3. The van der Waals surface area contributed by atoms with E-state index in [0.29, 0.717) is 51.9 Å². The van der Waals surface area contributed by atoms with Crippen LogP contribution in [0.2, 0.25) is 0 Å². The Labute approximate surface area is 202 Å². The summed E-state index contributed by atoms with van der Waals surface area (Å²) >= 11 is 0. The van der Waals surface area contributed by atoms with E-state index in [9.17, 15) is 18.4 Å². The average molecular weight is 486 g/mol. The van der Waals surface area contributed by atoms with Crippen molar-refractivity contribution in [3.05, 3.63) is 46.9 Å². The van der Waals surface area contributed by atoms with Gasteiger partial charge in [-0.3, -0.25) is 9.59 Å². The lowest BCUT2D eigenvalue weighted by Gasteiger charge is -2.36. The second-order valence-corrected chi connectivity index (χ2v) is 9.41. The number of amides is 2. The molecule has 2 saturated heterocycles. The van der Waals surface area contributed by atoms with Gasteiger partial charge in [0.2, 0.25) is 11.8 Å². The quantitative estimate of drug-likeness (QED) is 0.716. The van der Waals surface area contributed by atoms with Crippen molar-refractivity contribution in [3.8, 4) is 5.75 Å². The van der Waals surface area contributed by atoms with Crippen LogP contribution in [0.15, 0.2) is 18.2 Å². The maximum atomic E-state index is 14.0. The molecule has 35 heavy (non-hydrogen) atoms. The molecule has 186 valence electrons. The van der Waals surface area contributed by atoms with E-state index in [0.717, 1.165) is 41.8 Å². The number of nitrogens with one attached hydrogen (secondary N) is 1. The van der Waals surface area contributed by atoms with Crippen molar-refractivity contribution in [2.45, 2.75) is 64.1 Å². The van der Waals surface area contributed by atoms with E-state index in [1.807, 2.05) is 0 Å². The maximum absolute atomic E-state index is 14.0. The third-order valence-electron chi connectivity index (χ3n) is 6.95. The molecule has 8 nitrogen and oxygen atoms in total. The summed E-state index contributed by atoms with van der Waals surface area (Å²) in [6.45, 7) is 3.85. The van der Waals surface area contributed by atoms with Gasteiger partial charge in [0.1, 0.15) is 17.6 Å². The highest BCUT2D eigenvalue weighted by molar-refractivity contribution is 5.77. The lowest BCUT2D eigenvalue weighted by molar-refractivity contribution is -0.129. The van der Waals surface area contributed by atoms with Crippen molar-refractivity contribution in [2.24, 2.45) is 0 Å². The minimum Gasteiger partial charge on any atom is -0.487 e. The molecular weight excluding hydrogens is 456 g/mol. The summed E-state index contributed by atoms with van der Waals surface area (Å²) < 4.78 is 33.0. The van der Waals surface area contributed by atoms with Crippen LogP contribution < -0.4 is 15.0 Å². The number of nitrogens with zero attached hydrogens (tertiary/aromatic N) is 4. The first-order valence-corrected chi connectivity index (χ1v) is 12.2. The Morgan fingerprint density at radius 2 is 1.89 bits per heavy atom. The van der Waals surface area contributed by atoms with Crippen molar-refractivity contribution < 1.29 is 23.1 Å². The molecule has 1 unspecified atom stereocenters. The molecule has 2 amide bonds. The molecule has 3 aliphatic heterocycles. The zero-order valence-corrected chi connectivity index (χ0v) is 19.7. The van der Waals surface area contributed by atoms with Crippen molar-refractivity contribution in [3.63, 3.8) is 0 Å². The molecule has 10 heteroatoms. The first kappa shape index (κ1) is 23.4. The fourth-order valence-corrected chi connectivity index (χ4v) is 5.02. The number of aromatic nitrogens is 2. The Morgan fingerprint density at radius 3 is 2.60 bits per heavy atom. The molecule has 1 aromatic carbocycles. The third kappa shape index (κ3) is 5.06. The Kier molecular flexibility index (Phi) is 6.53. The van der Waals surface area contributed by atoms with Gasteiger partial charge in [-0.05, 0) is 25.0 Å². The Balaban J connectivity index is 1.36. The number of ether oxygens (including phenoxy) is 1. The molecule has 0 saturated carbocycles. The zero-order chi connectivity index (χ0) is 24.5. The molecule has 1 aromatic heterocycles. The minimum atomic E-state index is -0.706. The number of piperidine rings is 2. The predicted octanol–water partition coefficient (Wildman–Crippen LogP) is 3.05. The van der Waals surface area contributed by atoms with Crippen LogP contribution in [0.4, 0.5) is 14.6 Å². The zero-order valence-electron chi connectivity index (χ0n) is 19.7. The first-order chi connectivity index (χ1) is 16.9. The highest BCUT2D eigenvalue weighted by Gasteiger charge is 2.32. The second kappa shape index (κ2) is 9.75. The van der Waals surface area contributed by atoms with Gasteiger partial charge in [-0.1, -0.05) is 0 Å². The second-order valence-electron chi connectivity index (χ2n) is 9.41. The molecule has 4 heterocycles. The van der Waals surface area contributed by atoms with E-state index in [2.05, 4.69) is 10.2 Å². The summed E-state index contributed by atoms with van der Waals surface area (Å²) in [7, 11) is 0. The highest BCUT2D eigenvalue weighted by Crippen LogP contribution is 2.33. The predicted molar refractivity (Wildman–Crippen MR) is 124 cm³/mol. The van der Waals surface area contributed by atoms with Crippen LogP contribution in [0.1, 0.15) is 62.2 Å². The highest BCUT2D eigenvalue weighted by atomic mass is 19.1.